The van der Waals surface area contributed by atoms with Crippen LogP contribution in [0.3, 0.4) is 0 Å². The maximum absolute atomic E-state index is 13.6. The van der Waals surface area contributed by atoms with Crippen LogP contribution >= 0.6 is 0 Å². The average molecular weight is 345 g/mol. The average Bonchev–Trinajstić information content (AvgIpc) is 2.61. The van der Waals surface area contributed by atoms with Crippen LogP contribution in [0.1, 0.15) is 21.5 Å². The molecule has 0 aliphatic heterocycles. The van der Waals surface area contributed by atoms with Crippen molar-refractivity contribution in [3.8, 4) is 5.75 Å². The Kier molecular flexibility index (Phi) is 6.11. The monoisotopic (exact) mass is 345 g/mol. The number of amides is 1. The van der Waals surface area contributed by atoms with Crippen molar-refractivity contribution in [2.45, 2.75) is 13.5 Å². The summed E-state index contributed by atoms with van der Waals surface area (Å²) in [5, 5.41) is 0. The zero-order chi connectivity index (χ0) is 18.4. The molecule has 0 unspecified atom stereocenters. The first-order valence-electron chi connectivity index (χ1n) is 7.71. The maximum atomic E-state index is 13.6. The van der Waals surface area contributed by atoms with Gasteiger partial charge in [0.2, 0.25) is 0 Å². The summed E-state index contributed by atoms with van der Waals surface area (Å²) < 4.78 is 23.8. The van der Waals surface area contributed by atoms with Gasteiger partial charge in [0.1, 0.15) is 11.6 Å². The summed E-state index contributed by atoms with van der Waals surface area (Å²) in [6.07, 6.45) is 0. The van der Waals surface area contributed by atoms with E-state index in [1.165, 1.54) is 25.1 Å². The van der Waals surface area contributed by atoms with Gasteiger partial charge < -0.3 is 14.4 Å². The molecule has 2 aromatic carbocycles. The SMILES string of the molecule is COc1cc(C(=O)OCC(=O)N(C)Cc2ccccc2F)ccc1C. The molecule has 2 aromatic rings. The first-order valence-corrected chi connectivity index (χ1v) is 7.71. The van der Waals surface area contributed by atoms with Gasteiger partial charge in [0, 0.05) is 19.2 Å². The van der Waals surface area contributed by atoms with Crippen LogP contribution in [0.2, 0.25) is 0 Å². The van der Waals surface area contributed by atoms with Crippen LogP contribution in [-0.4, -0.2) is 37.5 Å². The number of carbonyl (C=O) groups excluding carboxylic acids is 2. The fraction of sp³-hybridized carbons (Fsp3) is 0.263. The van der Waals surface area contributed by atoms with E-state index in [1.54, 1.807) is 36.4 Å². The second kappa shape index (κ2) is 8.28. The molecule has 0 bridgehead atoms. The molecule has 2 rings (SSSR count). The summed E-state index contributed by atoms with van der Waals surface area (Å²) in [5.41, 5.74) is 1.58. The summed E-state index contributed by atoms with van der Waals surface area (Å²) in [5.74, 6) is -0.857. The molecule has 0 aliphatic rings. The van der Waals surface area contributed by atoms with E-state index < -0.39 is 18.5 Å². The highest BCUT2D eigenvalue weighted by molar-refractivity contribution is 5.91. The van der Waals surface area contributed by atoms with E-state index >= 15 is 0 Å². The molecule has 25 heavy (non-hydrogen) atoms. The number of halogens is 1. The van der Waals surface area contributed by atoms with Crippen LogP contribution < -0.4 is 4.74 Å². The second-order valence-electron chi connectivity index (χ2n) is 5.60. The number of ether oxygens (including phenoxy) is 2. The van der Waals surface area contributed by atoms with E-state index in [0.29, 0.717) is 16.9 Å². The zero-order valence-corrected chi connectivity index (χ0v) is 14.4. The normalized spacial score (nSPS) is 10.2. The Morgan fingerprint density at radius 2 is 1.88 bits per heavy atom. The quantitative estimate of drug-likeness (QED) is 0.756. The minimum absolute atomic E-state index is 0.0986. The Balaban J connectivity index is 1.92. The lowest BCUT2D eigenvalue weighted by Crippen LogP contribution is -2.31. The Morgan fingerprint density at radius 1 is 1.16 bits per heavy atom. The molecule has 0 aliphatic carbocycles. The van der Waals surface area contributed by atoms with Crippen molar-refractivity contribution in [3.05, 3.63) is 65.0 Å². The molecule has 0 atom stereocenters. The summed E-state index contributed by atoms with van der Waals surface area (Å²) in [6.45, 7) is 1.54. The lowest BCUT2D eigenvalue weighted by Gasteiger charge is -2.17. The summed E-state index contributed by atoms with van der Waals surface area (Å²) >= 11 is 0. The van der Waals surface area contributed by atoms with Crippen molar-refractivity contribution >= 4 is 11.9 Å². The fourth-order valence-corrected chi connectivity index (χ4v) is 2.24. The summed E-state index contributed by atoms with van der Waals surface area (Å²) in [7, 11) is 3.04. The maximum Gasteiger partial charge on any atom is 0.338 e. The lowest BCUT2D eigenvalue weighted by atomic mass is 10.1. The molecule has 0 radical (unpaired) electrons. The van der Waals surface area contributed by atoms with Crippen LogP contribution in [-0.2, 0) is 16.1 Å². The number of esters is 1. The Morgan fingerprint density at radius 3 is 2.56 bits per heavy atom. The smallest absolute Gasteiger partial charge is 0.338 e. The predicted octanol–water partition coefficient (Wildman–Crippen LogP) is 2.96. The molecular weight excluding hydrogens is 325 g/mol. The van der Waals surface area contributed by atoms with Gasteiger partial charge in [-0.2, -0.15) is 0 Å². The lowest BCUT2D eigenvalue weighted by molar-refractivity contribution is -0.133. The number of carbonyl (C=O) groups is 2. The molecular formula is C19H20FNO4. The van der Waals surface area contributed by atoms with E-state index in [1.807, 2.05) is 6.92 Å². The van der Waals surface area contributed by atoms with Crippen molar-refractivity contribution in [1.82, 2.24) is 4.90 Å². The van der Waals surface area contributed by atoms with E-state index in [9.17, 15) is 14.0 Å². The van der Waals surface area contributed by atoms with Crippen LogP contribution in [0.15, 0.2) is 42.5 Å². The van der Waals surface area contributed by atoms with Crippen molar-refractivity contribution in [3.63, 3.8) is 0 Å². The molecule has 132 valence electrons. The van der Waals surface area contributed by atoms with E-state index in [0.717, 1.165) is 5.56 Å². The number of rotatable bonds is 6. The van der Waals surface area contributed by atoms with E-state index in [-0.39, 0.29) is 12.4 Å². The molecule has 0 fully saturated rings. The summed E-state index contributed by atoms with van der Waals surface area (Å²) in [6, 6.07) is 11.1. The number of methoxy groups -OCH3 is 1. The highest BCUT2D eigenvalue weighted by Gasteiger charge is 2.16. The Labute approximate surface area is 146 Å². The van der Waals surface area contributed by atoms with Gasteiger partial charge in [-0.25, -0.2) is 9.18 Å². The van der Waals surface area contributed by atoms with Crippen molar-refractivity contribution in [2.24, 2.45) is 0 Å². The van der Waals surface area contributed by atoms with E-state index in [4.69, 9.17) is 9.47 Å². The molecule has 0 spiro atoms. The topological polar surface area (TPSA) is 55.8 Å². The molecule has 0 heterocycles. The van der Waals surface area contributed by atoms with Gasteiger partial charge in [-0.1, -0.05) is 24.3 Å². The number of aryl methyl sites for hydroxylation is 1. The number of hydrogen-bond acceptors (Lipinski definition) is 4. The minimum Gasteiger partial charge on any atom is -0.496 e. The van der Waals surface area contributed by atoms with Gasteiger partial charge in [0.15, 0.2) is 6.61 Å². The highest BCUT2D eigenvalue weighted by atomic mass is 19.1. The Bertz CT molecular complexity index is 776. The van der Waals surface area contributed by atoms with Gasteiger partial charge in [-0.3, -0.25) is 4.79 Å². The van der Waals surface area contributed by atoms with Gasteiger partial charge in [0.05, 0.1) is 12.7 Å². The van der Waals surface area contributed by atoms with E-state index in [2.05, 4.69) is 0 Å². The molecule has 0 saturated carbocycles. The molecule has 0 saturated heterocycles. The van der Waals surface area contributed by atoms with Crippen molar-refractivity contribution in [1.29, 1.82) is 0 Å². The molecule has 5 nitrogen and oxygen atoms in total. The van der Waals surface area contributed by atoms with Crippen LogP contribution in [0.25, 0.3) is 0 Å². The third kappa shape index (κ3) is 4.79. The molecule has 0 aromatic heterocycles. The van der Waals surface area contributed by atoms with Gasteiger partial charge in [0.25, 0.3) is 5.91 Å². The number of hydrogen-bond donors (Lipinski definition) is 0. The number of nitrogens with zero attached hydrogens (tertiary/aromatic N) is 1. The summed E-state index contributed by atoms with van der Waals surface area (Å²) in [4.78, 5) is 25.4. The van der Waals surface area contributed by atoms with Crippen LogP contribution in [0.4, 0.5) is 4.39 Å². The predicted molar refractivity (Wildman–Crippen MR) is 90.9 cm³/mol. The third-order valence-corrected chi connectivity index (χ3v) is 3.76. The number of likely N-dealkylation sites (N-methyl/N-ethyl adjacent to an activating group) is 1. The Hall–Kier alpha value is -2.89. The van der Waals surface area contributed by atoms with Crippen molar-refractivity contribution in [2.75, 3.05) is 20.8 Å². The third-order valence-electron chi connectivity index (χ3n) is 3.76. The standard InChI is InChI=1S/C19H20FNO4/c1-13-8-9-14(10-17(13)24-3)19(23)25-12-18(22)21(2)11-15-6-4-5-7-16(15)20/h4-10H,11-12H2,1-3H3. The van der Waals surface area contributed by atoms with Gasteiger partial charge in [-0.05, 0) is 30.7 Å². The zero-order valence-electron chi connectivity index (χ0n) is 14.4. The van der Waals surface area contributed by atoms with Crippen molar-refractivity contribution < 1.29 is 23.5 Å². The second-order valence-corrected chi connectivity index (χ2v) is 5.60. The first-order chi connectivity index (χ1) is 11.9. The fourth-order valence-electron chi connectivity index (χ4n) is 2.24. The minimum atomic E-state index is -0.619. The van der Waals surface area contributed by atoms with Gasteiger partial charge >= 0.3 is 5.97 Å². The molecule has 1 amide bonds. The first kappa shape index (κ1) is 18.4. The van der Waals surface area contributed by atoms with Crippen LogP contribution in [0.5, 0.6) is 5.75 Å². The number of benzene rings is 2. The van der Waals surface area contributed by atoms with Gasteiger partial charge in [-0.15, -0.1) is 0 Å². The van der Waals surface area contributed by atoms with Crippen LogP contribution in [0, 0.1) is 12.7 Å². The molecule has 0 N–H and O–H groups in total. The largest absolute Gasteiger partial charge is 0.496 e. The highest BCUT2D eigenvalue weighted by Crippen LogP contribution is 2.19. The molecule has 6 heteroatoms.